The van der Waals surface area contributed by atoms with Crippen LogP contribution in [0.3, 0.4) is 0 Å². The van der Waals surface area contributed by atoms with Crippen LogP contribution in [0.25, 0.3) is 0 Å². The molecule has 0 saturated heterocycles. The monoisotopic (exact) mass is 286 g/mol. The van der Waals surface area contributed by atoms with Crippen molar-refractivity contribution < 1.29 is 14.6 Å². The molecule has 5 nitrogen and oxygen atoms in total. The van der Waals surface area contributed by atoms with Gasteiger partial charge in [0.2, 0.25) is 0 Å². The van der Waals surface area contributed by atoms with Crippen LogP contribution in [-0.2, 0) is 0 Å². The lowest BCUT2D eigenvalue weighted by molar-refractivity contribution is 0.0935. The first-order valence-electron chi connectivity index (χ1n) is 6.58. The number of hydrogen-bond acceptors (Lipinski definition) is 4. The summed E-state index contributed by atoms with van der Waals surface area (Å²) in [4.78, 5) is 12.3. The summed E-state index contributed by atoms with van der Waals surface area (Å²) in [6.45, 7) is 0.264. The van der Waals surface area contributed by atoms with Crippen molar-refractivity contribution in [3.05, 3.63) is 59.7 Å². The van der Waals surface area contributed by atoms with Gasteiger partial charge in [-0.25, -0.2) is 0 Å². The van der Waals surface area contributed by atoms with E-state index in [0.29, 0.717) is 5.75 Å². The van der Waals surface area contributed by atoms with Gasteiger partial charge in [0.15, 0.2) is 0 Å². The lowest BCUT2D eigenvalue weighted by Crippen LogP contribution is -2.33. The molecule has 0 fully saturated rings. The Kier molecular flexibility index (Phi) is 4.79. The van der Waals surface area contributed by atoms with Gasteiger partial charge in [0.25, 0.3) is 5.91 Å². The molecule has 4 N–H and O–H groups in total. The van der Waals surface area contributed by atoms with Crippen LogP contribution < -0.4 is 15.8 Å². The van der Waals surface area contributed by atoms with Crippen LogP contribution in [-0.4, -0.2) is 24.7 Å². The Morgan fingerprint density at radius 3 is 2.62 bits per heavy atom. The summed E-state index contributed by atoms with van der Waals surface area (Å²) in [7, 11) is 1.50. The van der Waals surface area contributed by atoms with E-state index in [0.717, 1.165) is 5.56 Å². The van der Waals surface area contributed by atoms with Gasteiger partial charge in [-0.05, 0) is 23.8 Å². The number of amides is 1. The fraction of sp³-hybridized carbons (Fsp3) is 0.188. The molecule has 21 heavy (non-hydrogen) atoms. The summed E-state index contributed by atoms with van der Waals surface area (Å²) in [5.41, 5.74) is 6.79. The summed E-state index contributed by atoms with van der Waals surface area (Å²) in [6.07, 6.45) is 0. The molecule has 0 bridgehead atoms. The molecule has 2 rings (SSSR count). The average Bonchev–Trinajstić information content (AvgIpc) is 2.53. The zero-order chi connectivity index (χ0) is 15.2. The molecule has 110 valence electrons. The largest absolute Gasteiger partial charge is 0.507 e. The Balaban J connectivity index is 2.20. The van der Waals surface area contributed by atoms with Crippen LogP contribution in [0.2, 0.25) is 0 Å². The number of ether oxygens (including phenoxy) is 1. The molecule has 0 spiro atoms. The van der Waals surface area contributed by atoms with Crippen LogP contribution in [0.5, 0.6) is 11.5 Å². The number of methoxy groups -OCH3 is 1. The molecule has 0 aliphatic rings. The van der Waals surface area contributed by atoms with Crippen LogP contribution in [0, 0.1) is 0 Å². The Labute approximate surface area is 123 Å². The SMILES string of the molecule is COc1ccc(O)c(C(=O)NC(CN)c2ccccc2)c1. The highest BCUT2D eigenvalue weighted by atomic mass is 16.5. The molecule has 0 heterocycles. The van der Waals surface area contributed by atoms with Crippen molar-refractivity contribution in [2.75, 3.05) is 13.7 Å². The maximum absolute atomic E-state index is 12.3. The maximum atomic E-state index is 12.3. The number of carbonyl (C=O) groups excluding carboxylic acids is 1. The highest BCUT2D eigenvalue weighted by molar-refractivity contribution is 5.97. The molecule has 0 aliphatic heterocycles. The highest BCUT2D eigenvalue weighted by Crippen LogP contribution is 2.23. The van der Waals surface area contributed by atoms with Gasteiger partial charge in [-0.3, -0.25) is 4.79 Å². The van der Waals surface area contributed by atoms with E-state index in [1.165, 1.54) is 19.2 Å². The predicted octanol–water partition coefficient (Wildman–Crippen LogP) is 1.83. The molecule has 2 aromatic carbocycles. The third-order valence-corrected chi connectivity index (χ3v) is 3.19. The highest BCUT2D eigenvalue weighted by Gasteiger charge is 2.17. The smallest absolute Gasteiger partial charge is 0.255 e. The minimum absolute atomic E-state index is 0.0999. The number of nitrogens with two attached hydrogens (primary N) is 1. The second-order valence-electron chi connectivity index (χ2n) is 4.56. The van der Waals surface area contributed by atoms with Crippen molar-refractivity contribution in [2.24, 2.45) is 5.73 Å². The first-order chi connectivity index (χ1) is 10.2. The van der Waals surface area contributed by atoms with Gasteiger partial charge in [0, 0.05) is 6.54 Å². The summed E-state index contributed by atoms with van der Waals surface area (Å²) in [5, 5.41) is 12.6. The van der Waals surface area contributed by atoms with Gasteiger partial charge in [-0.15, -0.1) is 0 Å². The van der Waals surface area contributed by atoms with Gasteiger partial charge >= 0.3 is 0 Å². The van der Waals surface area contributed by atoms with Gasteiger partial charge in [-0.2, -0.15) is 0 Å². The van der Waals surface area contributed by atoms with E-state index in [-0.39, 0.29) is 23.9 Å². The number of benzene rings is 2. The molecule has 1 unspecified atom stereocenters. The van der Waals surface area contributed by atoms with E-state index in [1.54, 1.807) is 6.07 Å². The molecule has 0 saturated carbocycles. The number of nitrogens with one attached hydrogen (secondary N) is 1. The Hall–Kier alpha value is -2.53. The first kappa shape index (κ1) is 14.9. The number of carbonyl (C=O) groups is 1. The molecular formula is C16H18N2O3. The minimum atomic E-state index is -0.397. The second-order valence-corrected chi connectivity index (χ2v) is 4.56. The molecule has 0 radical (unpaired) electrons. The summed E-state index contributed by atoms with van der Waals surface area (Å²) in [5.74, 6) is 0.00444. The summed E-state index contributed by atoms with van der Waals surface area (Å²) < 4.78 is 5.06. The summed E-state index contributed by atoms with van der Waals surface area (Å²) in [6, 6.07) is 13.6. The van der Waals surface area contributed by atoms with Crippen molar-refractivity contribution in [1.29, 1.82) is 0 Å². The van der Waals surface area contributed by atoms with E-state index < -0.39 is 5.91 Å². The zero-order valence-corrected chi connectivity index (χ0v) is 11.7. The van der Waals surface area contributed by atoms with E-state index in [2.05, 4.69) is 5.32 Å². The van der Waals surface area contributed by atoms with E-state index in [4.69, 9.17) is 10.5 Å². The molecule has 2 aromatic rings. The first-order valence-corrected chi connectivity index (χ1v) is 6.58. The molecule has 5 heteroatoms. The Bertz CT molecular complexity index is 614. The lowest BCUT2D eigenvalue weighted by atomic mass is 10.1. The van der Waals surface area contributed by atoms with Gasteiger partial charge in [0.1, 0.15) is 11.5 Å². The van der Waals surface area contributed by atoms with Crippen molar-refractivity contribution in [3.63, 3.8) is 0 Å². The molecule has 0 aliphatic carbocycles. The third-order valence-electron chi connectivity index (χ3n) is 3.19. The molecule has 1 atom stereocenters. The quantitative estimate of drug-likeness (QED) is 0.783. The number of phenols is 1. The van der Waals surface area contributed by atoms with Crippen molar-refractivity contribution in [2.45, 2.75) is 6.04 Å². The van der Waals surface area contributed by atoms with E-state index in [1.807, 2.05) is 30.3 Å². The number of phenolic OH excluding ortho intramolecular Hbond substituents is 1. The van der Waals surface area contributed by atoms with Crippen LogP contribution >= 0.6 is 0 Å². The normalized spacial score (nSPS) is 11.7. The van der Waals surface area contributed by atoms with E-state index in [9.17, 15) is 9.90 Å². The van der Waals surface area contributed by atoms with Crippen molar-refractivity contribution in [3.8, 4) is 11.5 Å². The fourth-order valence-corrected chi connectivity index (χ4v) is 2.02. The maximum Gasteiger partial charge on any atom is 0.255 e. The standard InChI is InChI=1S/C16H18N2O3/c1-21-12-7-8-15(19)13(9-12)16(20)18-14(10-17)11-5-3-2-4-6-11/h2-9,14,19H,10,17H2,1H3,(H,18,20). The summed E-state index contributed by atoms with van der Waals surface area (Å²) >= 11 is 0. The number of rotatable bonds is 5. The number of hydrogen-bond donors (Lipinski definition) is 3. The van der Waals surface area contributed by atoms with Crippen molar-refractivity contribution in [1.82, 2.24) is 5.32 Å². The van der Waals surface area contributed by atoms with Crippen molar-refractivity contribution >= 4 is 5.91 Å². The van der Waals surface area contributed by atoms with Gasteiger partial charge < -0.3 is 20.9 Å². The number of aromatic hydroxyl groups is 1. The van der Waals surface area contributed by atoms with Gasteiger partial charge in [0.05, 0.1) is 18.7 Å². The lowest BCUT2D eigenvalue weighted by Gasteiger charge is -2.18. The Morgan fingerprint density at radius 1 is 1.29 bits per heavy atom. The Morgan fingerprint density at radius 2 is 2.00 bits per heavy atom. The zero-order valence-electron chi connectivity index (χ0n) is 11.7. The average molecular weight is 286 g/mol. The third kappa shape index (κ3) is 3.52. The molecular weight excluding hydrogens is 268 g/mol. The predicted molar refractivity (Wildman–Crippen MR) is 80.4 cm³/mol. The van der Waals surface area contributed by atoms with Gasteiger partial charge in [-0.1, -0.05) is 30.3 Å². The van der Waals surface area contributed by atoms with Crippen LogP contribution in [0.4, 0.5) is 0 Å². The van der Waals surface area contributed by atoms with Crippen LogP contribution in [0.1, 0.15) is 22.0 Å². The minimum Gasteiger partial charge on any atom is -0.507 e. The molecule has 0 aromatic heterocycles. The second kappa shape index (κ2) is 6.76. The molecule has 1 amide bonds. The topological polar surface area (TPSA) is 84.6 Å². The van der Waals surface area contributed by atoms with Crippen LogP contribution in [0.15, 0.2) is 48.5 Å². The van der Waals surface area contributed by atoms with E-state index >= 15 is 0 Å². The fourth-order valence-electron chi connectivity index (χ4n) is 2.02.